The molecule has 1 aliphatic heterocycles. The van der Waals surface area contributed by atoms with Crippen LogP contribution in [0.15, 0.2) is 0 Å². The van der Waals surface area contributed by atoms with Gasteiger partial charge in [-0.2, -0.15) is 0 Å². The quantitative estimate of drug-likeness (QED) is 0.840. The third-order valence-corrected chi connectivity index (χ3v) is 4.29. The number of carbonyl (C=O) groups is 2. The highest BCUT2D eigenvalue weighted by Gasteiger charge is 2.36. The number of nitrogens with zero attached hydrogens (tertiary/aromatic N) is 1. The SMILES string of the molecule is CCOC1CCN(C(=O)C2CCC(C(=O)O)C2)CC1. The third-order valence-electron chi connectivity index (χ3n) is 4.29. The maximum Gasteiger partial charge on any atom is 0.306 e. The standard InChI is InChI=1S/C14H23NO4/c1-2-19-12-5-7-15(8-6-12)13(16)10-3-4-11(9-10)14(17)18/h10-12H,2-9H2,1H3,(H,17,18). The van der Waals surface area contributed by atoms with E-state index in [2.05, 4.69) is 0 Å². The van der Waals surface area contributed by atoms with Crippen molar-refractivity contribution in [2.45, 2.75) is 45.1 Å². The summed E-state index contributed by atoms with van der Waals surface area (Å²) in [6.07, 6.45) is 3.95. The summed E-state index contributed by atoms with van der Waals surface area (Å²) in [6, 6.07) is 0. The van der Waals surface area contributed by atoms with Gasteiger partial charge < -0.3 is 14.7 Å². The molecule has 108 valence electrons. The smallest absolute Gasteiger partial charge is 0.306 e. The lowest BCUT2D eigenvalue weighted by atomic mass is 10.0. The summed E-state index contributed by atoms with van der Waals surface area (Å²) >= 11 is 0. The lowest BCUT2D eigenvalue weighted by molar-refractivity contribution is -0.142. The first-order chi connectivity index (χ1) is 9.11. The topological polar surface area (TPSA) is 66.8 Å². The van der Waals surface area contributed by atoms with E-state index in [-0.39, 0.29) is 23.8 Å². The first-order valence-electron chi connectivity index (χ1n) is 7.25. The molecule has 2 aliphatic rings. The highest BCUT2D eigenvalue weighted by atomic mass is 16.5. The van der Waals surface area contributed by atoms with Gasteiger partial charge in [0.25, 0.3) is 0 Å². The fourth-order valence-corrected chi connectivity index (χ4v) is 3.17. The predicted molar refractivity (Wildman–Crippen MR) is 69.7 cm³/mol. The molecule has 0 spiro atoms. The van der Waals surface area contributed by atoms with Crippen molar-refractivity contribution < 1.29 is 19.4 Å². The summed E-state index contributed by atoms with van der Waals surface area (Å²) in [6.45, 7) is 4.21. The van der Waals surface area contributed by atoms with E-state index in [4.69, 9.17) is 9.84 Å². The molecule has 1 saturated carbocycles. The van der Waals surface area contributed by atoms with E-state index in [0.29, 0.717) is 12.8 Å². The van der Waals surface area contributed by atoms with E-state index >= 15 is 0 Å². The van der Waals surface area contributed by atoms with Crippen molar-refractivity contribution in [3.05, 3.63) is 0 Å². The molecule has 19 heavy (non-hydrogen) atoms. The summed E-state index contributed by atoms with van der Waals surface area (Å²) in [5.41, 5.74) is 0. The van der Waals surface area contributed by atoms with E-state index < -0.39 is 5.97 Å². The number of carboxylic acids is 1. The molecule has 2 unspecified atom stereocenters. The van der Waals surface area contributed by atoms with E-state index in [0.717, 1.165) is 39.0 Å². The van der Waals surface area contributed by atoms with Crippen LogP contribution in [0.1, 0.15) is 39.0 Å². The van der Waals surface area contributed by atoms with Crippen molar-refractivity contribution in [2.24, 2.45) is 11.8 Å². The van der Waals surface area contributed by atoms with Gasteiger partial charge >= 0.3 is 5.97 Å². The summed E-state index contributed by atoms with van der Waals surface area (Å²) in [7, 11) is 0. The van der Waals surface area contributed by atoms with Crippen LogP contribution in [-0.4, -0.2) is 47.7 Å². The zero-order chi connectivity index (χ0) is 13.8. The number of aliphatic carboxylic acids is 1. The Morgan fingerprint density at radius 2 is 1.79 bits per heavy atom. The molecular weight excluding hydrogens is 246 g/mol. The van der Waals surface area contributed by atoms with Crippen LogP contribution in [0.5, 0.6) is 0 Å². The second-order valence-electron chi connectivity index (χ2n) is 5.53. The Bertz CT molecular complexity index is 336. The number of carbonyl (C=O) groups excluding carboxylic acids is 1. The molecule has 0 bridgehead atoms. The van der Waals surface area contributed by atoms with Crippen molar-refractivity contribution in [1.82, 2.24) is 4.90 Å². The van der Waals surface area contributed by atoms with Crippen LogP contribution in [0.2, 0.25) is 0 Å². The molecule has 0 aromatic heterocycles. The molecule has 5 nitrogen and oxygen atoms in total. The zero-order valence-electron chi connectivity index (χ0n) is 11.5. The molecule has 1 aliphatic carbocycles. The first-order valence-corrected chi connectivity index (χ1v) is 7.25. The Hall–Kier alpha value is -1.10. The fourth-order valence-electron chi connectivity index (χ4n) is 3.17. The van der Waals surface area contributed by atoms with Gasteiger partial charge in [0, 0.05) is 25.6 Å². The molecule has 2 rings (SSSR count). The lowest BCUT2D eigenvalue weighted by Crippen LogP contribution is -2.43. The normalized spacial score (nSPS) is 28.6. The monoisotopic (exact) mass is 269 g/mol. The Balaban J connectivity index is 1.80. The number of amides is 1. The van der Waals surface area contributed by atoms with Gasteiger partial charge in [-0.1, -0.05) is 0 Å². The number of piperidine rings is 1. The molecular formula is C14H23NO4. The Morgan fingerprint density at radius 1 is 1.16 bits per heavy atom. The molecule has 1 amide bonds. The molecule has 2 fully saturated rings. The van der Waals surface area contributed by atoms with Crippen LogP contribution < -0.4 is 0 Å². The molecule has 5 heteroatoms. The van der Waals surface area contributed by atoms with Crippen molar-refractivity contribution in [3.8, 4) is 0 Å². The highest BCUT2D eigenvalue weighted by molar-refractivity contribution is 5.81. The Kier molecular flexibility index (Phi) is 4.80. The van der Waals surface area contributed by atoms with Crippen molar-refractivity contribution in [2.75, 3.05) is 19.7 Å². The van der Waals surface area contributed by atoms with Gasteiger partial charge in [-0.15, -0.1) is 0 Å². The molecule has 0 aromatic carbocycles. The maximum absolute atomic E-state index is 12.3. The maximum atomic E-state index is 12.3. The van der Waals surface area contributed by atoms with E-state index in [1.54, 1.807) is 0 Å². The third kappa shape index (κ3) is 3.47. The largest absolute Gasteiger partial charge is 0.481 e. The summed E-state index contributed by atoms with van der Waals surface area (Å²) in [5.74, 6) is -1.01. The zero-order valence-corrected chi connectivity index (χ0v) is 11.5. The molecule has 2 atom stereocenters. The minimum Gasteiger partial charge on any atom is -0.481 e. The van der Waals surface area contributed by atoms with Crippen molar-refractivity contribution >= 4 is 11.9 Å². The van der Waals surface area contributed by atoms with Gasteiger partial charge in [0.1, 0.15) is 0 Å². The Morgan fingerprint density at radius 3 is 2.32 bits per heavy atom. The predicted octanol–water partition coefficient (Wildman–Crippen LogP) is 1.51. The molecule has 1 heterocycles. The summed E-state index contributed by atoms with van der Waals surface area (Å²) in [4.78, 5) is 25.1. The second-order valence-corrected chi connectivity index (χ2v) is 5.53. The van der Waals surface area contributed by atoms with Gasteiger partial charge in [-0.05, 0) is 39.0 Å². The molecule has 0 radical (unpaired) electrons. The molecule has 1 saturated heterocycles. The van der Waals surface area contributed by atoms with Gasteiger partial charge in [-0.25, -0.2) is 0 Å². The van der Waals surface area contributed by atoms with Crippen LogP contribution >= 0.6 is 0 Å². The molecule has 0 aromatic rings. The van der Waals surface area contributed by atoms with E-state index in [1.807, 2.05) is 11.8 Å². The van der Waals surface area contributed by atoms with E-state index in [1.165, 1.54) is 0 Å². The number of carboxylic acid groups (broad SMARTS) is 1. The summed E-state index contributed by atoms with van der Waals surface area (Å²) < 4.78 is 5.57. The van der Waals surface area contributed by atoms with Crippen LogP contribution in [0, 0.1) is 11.8 Å². The second kappa shape index (κ2) is 6.37. The van der Waals surface area contributed by atoms with Crippen LogP contribution in [0.4, 0.5) is 0 Å². The van der Waals surface area contributed by atoms with Crippen LogP contribution in [0.3, 0.4) is 0 Å². The number of rotatable bonds is 4. The minimum atomic E-state index is -0.759. The lowest BCUT2D eigenvalue weighted by Gasteiger charge is -2.33. The van der Waals surface area contributed by atoms with Crippen molar-refractivity contribution in [3.63, 3.8) is 0 Å². The van der Waals surface area contributed by atoms with Crippen LogP contribution in [0.25, 0.3) is 0 Å². The average molecular weight is 269 g/mol. The number of hydrogen-bond donors (Lipinski definition) is 1. The Labute approximate surface area is 113 Å². The number of likely N-dealkylation sites (tertiary alicyclic amines) is 1. The number of ether oxygens (including phenoxy) is 1. The van der Waals surface area contributed by atoms with Gasteiger partial charge in [0.2, 0.25) is 5.91 Å². The van der Waals surface area contributed by atoms with Gasteiger partial charge in [-0.3, -0.25) is 9.59 Å². The molecule has 1 N–H and O–H groups in total. The van der Waals surface area contributed by atoms with Crippen LogP contribution in [-0.2, 0) is 14.3 Å². The highest BCUT2D eigenvalue weighted by Crippen LogP contribution is 2.33. The average Bonchev–Trinajstić information content (AvgIpc) is 2.89. The van der Waals surface area contributed by atoms with E-state index in [9.17, 15) is 9.59 Å². The van der Waals surface area contributed by atoms with Crippen molar-refractivity contribution in [1.29, 1.82) is 0 Å². The summed E-state index contributed by atoms with van der Waals surface area (Å²) in [5, 5.41) is 8.98. The number of hydrogen-bond acceptors (Lipinski definition) is 3. The first kappa shape index (κ1) is 14.3. The van der Waals surface area contributed by atoms with Gasteiger partial charge in [0.15, 0.2) is 0 Å². The fraction of sp³-hybridized carbons (Fsp3) is 0.857. The van der Waals surface area contributed by atoms with Gasteiger partial charge in [0.05, 0.1) is 12.0 Å². The minimum absolute atomic E-state index is 0.0789.